The maximum atomic E-state index is 13.9. The molecular formula is C17H15FN2S. The number of nitrogens with one attached hydrogen (secondary N) is 1. The first-order valence-electron chi connectivity index (χ1n) is 6.67. The summed E-state index contributed by atoms with van der Waals surface area (Å²) in [6.07, 6.45) is 0. The summed E-state index contributed by atoms with van der Waals surface area (Å²) >= 11 is 1.47. The average molecular weight is 298 g/mol. The van der Waals surface area contributed by atoms with E-state index in [9.17, 15) is 4.39 Å². The fourth-order valence-electron chi connectivity index (χ4n) is 2.14. The molecule has 106 valence electrons. The van der Waals surface area contributed by atoms with Gasteiger partial charge in [0.05, 0.1) is 5.69 Å². The van der Waals surface area contributed by atoms with Gasteiger partial charge in [-0.2, -0.15) is 0 Å². The smallest absolute Gasteiger partial charge is 0.187 e. The lowest BCUT2D eigenvalue weighted by molar-refractivity contribution is 0.630. The lowest BCUT2D eigenvalue weighted by Gasteiger charge is -2.03. The molecule has 0 fully saturated rings. The van der Waals surface area contributed by atoms with E-state index >= 15 is 0 Å². The molecule has 21 heavy (non-hydrogen) atoms. The number of aryl methyl sites for hydroxylation is 2. The second-order valence-electron chi connectivity index (χ2n) is 5.02. The Hall–Kier alpha value is -2.20. The molecule has 0 aliphatic carbocycles. The second-order valence-corrected chi connectivity index (χ2v) is 5.87. The van der Waals surface area contributed by atoms with E-state index in [-0.39, 0.29) is 5.82 Å². The van der Waals surface area contributed by atoms with Gasteiger partial charge in [0.25, 0.3) is 0 Å². The normalized spacial score (nSPS) is 10.6. The topological polar surface area (TPSA) is 24.9 Å². The van der Waals surface area contributed by atoms with Gasteiger partial charge in [-0.15, -0.1) is 11.3 Å². The first-order chi connectivity index (χ1) is 10.1. The van der Waals surface area contributed by atoms with E-state index in [0.717, 1.165) is 16.4 Å². The van der Waals surface area contributed by atoms with Crippen molar-refractivity contribution in [3.05, 3.63) is 64.8 Å². The van der Waals surface area contributed by atoms with E-state index in [4.69, 9.17) is 0 Å². The fraction of sp³-hybridized carbons (Fsp3) is 0.118. The molecule has 0 unspecified atom stereocenters. The highest BCUT2D eigenvalue weighted by Gasteiger charge is 2.10. The summed E-state index contributed by atoms with van der Waals surface area (Å²) in [5, 5.41) is 5.89. The number of hydrogen-bond acceptors (Lipinski definition) is 3. The van der Waals surface area contributed by atoms with Crippen molar-refractivity contribution in [2.75, 3.05) is 5.32 Å². The van der Waals surface area contributed by atoms with Crippen molar-refractivity contribution >= 4 is 22.2 Å². The molecule has 0 aliphatic heterocycles. The zero-order chi connectivity index (χ0) is 14.8. The predicted octanol–water partition coefficient (Wildman–Crippen LogP) is 5.31. The van der Waals surface area contributed by atoms with Crippen molar-refractivity contribution in [2.24, 2.45) is 0 Å². The van der Waals surface area contributed by atoms with Gasteiger partial charge < -0.3 is 5.32 Å². The number of halogens is 1. The van der Waals surface area contributed by atoms with Gasteiger partial charge in [-0.3, -0.25) is 0 Å². The third kappa shape index (κ3) is 3.11. The van der Waals surface area contributed by atoms with Crippen molar-refractivity contribution in [3.8, 4) is 11.3 Å². The zero-order valence-corrected chi connectivity index (χ0v) is 12.7. The minimum Gasteiger partial charge on any atom is -0.332 e. The standard InChI is InChI=1S/C17H15FN2S/c1-11-4-3-5-13(8-11)19-17-20-16(10-21-17)14-9-12(2)6-7-15(14)18/h3-10H,1-2H3,(H,19,20). The maximum Gasteiger partial charge on any atom is 0.187 e. The molecule has 3 aromatic rings. The van der Waals surface area contributed by atoms with Crippen LogP contribution in [0.2, 0.25) is 0 Å². The highest BCUT2D eigenvalue weighted by molar-refractivity contribution is 7.14. The lowest BCUT2D eigenvalue weighted by atomic mass is 10.1. The minimum atomic E-state index is -0.243. The van der Waals surface area contributed by atoms with Crippen LogP contribution in [0.5, 0.6) is 0 Å². The van der Waals surface area contributed by atoms with Gasteiger partial charge >= 0.3 is 0 Å². The van der Waals surface area contributed by atoms with Crippen molar-refractivity contribution < 1.29 is 4.39 Å². The van der Waals surface area contributed by atoms with Crippen LogP contribution in [-0.4, -0.2) is 4.98 Å². The minimum absolute atomic E-state index is 0.243. The summed E-state index contributed by atoms with van der Waals surface area (Å²) in [6.45, 7) is 3.99. The highest BCUT2D eigenvalue weighted by atomic mass is 32.1. The molecule has 2 nitrogen and oxygen atoms in total. The molecular weight excluding hydrogens is 283 g/mol. The monoisotopic (exact) mass is 298 g/mol. The van der Waals surface area contributed by atoms with E-state index in [1.165, 1.54) is 23.0 Å². The third-order valence-corrected chi connectivity index (χ3v) is 3.93. The first kappa shape index (κ1) is 13.8. The Balaban J connectivity index is 1.88. The van der Waals surface area contributed by atoms with Crippen LogP contribution in [0.3, 0.4) is 0 Å². The van der Waals surface area contributed by atoms with Crippen LogP contribution < -0.4 is 5.32 Å². The first-order valence-corrected chi connectivity index (χ1v) is 7.55. The highest BCUT2D eigenvalue weighted by Crippen LogP contribution is 2.29. The van der Waals surface area contributed by atoms with E-state index in [2.05, 4.69) is 10.3 Å². The van der Waals surface area contributed by atoms with Gasteiger partial charge in [0.2, 0.25) is 0 Å². The number of hydrogen-bond donors (Lipinski definition) is 1. The summed E-state index contributed by atoms with van der Waals surface area (Å²) in [5.74, 6) is -0.243. The van der Waals surface area contributed by atoms with Crippen molar-refractivity contribution in [1.29, 1.82) is 0 Å². The van der Waals surface area contributed by atoms with Crippen LogP contribution in [-0.2, 0) is 0 Å². The Bertz CT molecular complexity index is 780. The van der Waals surface area contributed by atoms with Gasteiger partial charge in [0, 0.05) is 16.6 Å². The van der Waals surface area contributed by atoms with E-state index in [1.807, 2.05) is 49.6 Å². The van der Waals surface area contributed by atoms with E-state index in [0.29, 0.717) is 11.3 Å². The molecule has 1 aromatic heterocycles. The van der Waals surface area contributed by atoms with E-state index in [1.54, 1.807) is 6.07 Å². The molecule has 0 atom stereocenters. The molecule has 0 saturated heterocycles. The van der Waals surface area contributed by atoms with E-state index < -0.39 is 0 Å². The number of benzene rings is 2. The van der Waals surface area contributed by atoms with Gasteiger partial charge in [-0.05, 0) is 43.7 Å². The largest absolute Gasteiger partial charge is 0.332 e. The summed E-state index contributed by atoms with van der Waals surface area (Å²) < 4.78 is 13.9. The Labute approximate surface area is 127 Å². The van der Waals surface area contributed by atoms with Gasteiger partial charge in [0.15, 0.2) is 5.13 Å². The molecule has 0 spiro atoms. The summed E-state index contributed by atoms with van der Waals surface area (Å²) in [6, 6.07) is 13.1. The summed E-state index contributed by atoms with van der Waals surface area (Å²) in [5.41, 5.74) is 4.40. The number of thiazole rings is 1. The Morgan fingerprint density at radius 3 is 2.67 bits per heavy atom. The van der Waals surface area contributed by atoms with Gasteiger partial charge in [0.1, 0.15) is 5.82 Å². The molecule has 2 aromatic carbocycles. The second kappa shape index (κ2) is 5.66. The van der Waals surface area contributed by atoms with Crippen LogP contribution in [0.1, 0.15) is 11.1 Å². The molecule has 0 saturated carbocycles. The SMILES string of the molecule is Cc1cccc(Nc2nc(-c3cc(C)ccc3F)cs2)c1. The third-order valence-electron chi connectivity index (χ3n) is 3.17. The van der Waals surface area contributed by atoms with Crippen molar-refractivity contribution in [1.82, 2.24) is 4.98 Å². The zero-order valence-electron chi connectivity index (χ0n) is 11.9. The summed E-state index contributed by atoms with van der Waals surface area (Å²) in [7, 11) is 0. The van der Waals surface area contributed by atoms with Crippen molar-refractivity contribution in [2.45, 2.75) is 13.8 Å². The van der Waals surface area contributed by atoms with Crippen LogP contribution in [0, 0.1) is 19.7 Å². The van der Waals surface area contributed by atoms with Crippen LogP contribution in [0.15, 0.2) is 47.8 Å². The lowest BCUT2D eigenvalue weighted by Crippen LogP contribution is -1.91. The summed E-state index contributed by atoms with van der Waals surface area (Å²) in [4.78, 5) is 4.47. The number of anilines is 2. The predicted molar refractivity (Wildman–Crippen MR) is 86.7 cm³/mol. The van der Waals surface area contributed by atoms with Crippen LogP contribution >= 0.6 is 11.3 Å². The molecule has 1 heterocycles. The Morgan fingerprint density at radius 1 is 1.05 bits per heavy atom. The fourth-order valence-corrected chi connectivity index (χ4v) is 2.87. The molecule has 4 heteroatoms. The van der Waals surface area contributed by atoms with Gasteiger partial charge in [-0.25, -0.2) is 9.37 Å². The molecule has 3 rings (SSSR count). The molecule has 0 bridgehead atoms. The maximum absolute atomic E-state index is 13.9. The average Bonchev–Trinajstić information content (AvgIpc) is 2.90. The number of nitrogens with zero attached hydrogens (tertiary/aromatic N) is 1. The van der Waals surface area contributed by atoms with Crippen LogP contribution in [0.25, 0.3) is 11.3 Å². The Kier molecular flexibility index (Phi) is 3.71. The Morgan fingerprint density at radius 2 is 1.86 bits per heavy atom. The van der Waals surface area contributed by atoms with Gasteiger partial charge in [-0.1, -0.05) is 23.8 Å². The quantitative estimate of drug-likeness (QED) is 0.709. The molecule has 0 radical (unpaired) electrons. The van der Waals surface area contributed by atoms with Crippen molar-refractivity contribution in [3.63, 3.8) is 0 Å². The number of aromatic nitrogens is 1. The molecule has 0 amide bonds. The molecule has 0 aliphatic rings. The molecule has 1 N–H and O–H groups in total. The van der Waals surface area contributed by atoms with Crippen LogP contribution in [0.4, 0.5) is 15.2 Å². The number of rotatable bonds is 3.